The van der Waals surface area contributed by atoms with Crippen molar-refractivity contribution in [2.45, 2.75) is 18.9 Å². The molecule has 1 saturated heterocycles. The average molecular weight is 220 g/mol. The lowest BCUT2D eigenvalue weighted by molar-refractivity contribution is 0.0510. The zero-order valence-corrected chi connectivity index (χ0v) is 8.55. The van der Waals surface area contributed by atoms with E-state index in [0.717, 1.165) is 13.0 Å². The van der Waals surface area contributed by atoms with Crippen LogP contribution in [0.2, 0.25) is 0 Å². The van der Waals surface area contributed by atoms with Gasteiger partial charge in [0.15, 0.2) is 0 Å². The first-order chi connectivity index (χ1) is 6.24. The van der Waals surface area contributed by atoms with E-state index in [9.17, 15) is 4.79 Å². The first-order valence-corrected chi connectivity index (χ1v) is 4.27. The lowest BCUT2D eigenvalue weighted by Crippen LogP contribution is -2.42. The van der Waals surface area contributed by atoms with E-state index in [1.165, 1.54) is 0 Å². The lowest BCUT2D eigenvalue weighted by atomic mass is 9.93. The second-order valence-corrected chi connectivity index (χ2v) is 3.09. The molecular formula is C8H14ClN3O2. The Morgan fingerprint density at radius 2 is 2.43 bits per heavy atom. The molecule has 0 unspecified atom stereocenters. The molecule has 2 atom stereocenters. The fraction of sp³-hybridized carbons (Fsp3) is 0.750. The quantitative estimate of drug-likeness (QED) is 0.704. The molecule has 1 aliphatic rings. The normalized spacial score (nSPS) is 25.6. The predicted octanol–water partition coefficient (Wildman–Crippen LogP) is 0.395. The molecule has 0 aromatic heterocycles. The number of rotatable bonds is 2. The van der Waals surface area contributed by atoms with Crippen LogP contribution in [0, 0.1) is 17.2 Å². The summed E-state index contributed by atoms with van der Waals surface area (Å²) in [5, 5.41) is 11.7. The van der Waals surface area contributed by atoms with Gasteiger partial charge >= 0.3 is 6.09 Å². The van der Waals surface area contributed by atoms with Crippen LogP contribution in [0.25, 0.3) is 0 Å². The zero-order valence-electron chi connectivity index (χ0n) is 7.73. The average Bonchev–Trinajstić information content (AvgIpc) is 2.08. The van der Waals surface area contributed by atoms with Crippen LogP contribution in [0.4, 0.5) is 4.79 Å². The highest BCUT2D eigenvalue weighted by Crippen LogP contribution is 2.17. The molecule has 5 nitrogen and oxygen atoms in total. The maximum absolute atomic E-state index is 10.5. The van der Waals surface area contributed by atoms with Gasteiger partial charge in [0.25, 0.3) is 0 Å². The molecule has 1 fully saturated rings. The summed E-state index contributed by atoms with van der Waals surface area (Å²) < 4.78 is 4.90. The molecule has 0 aromatic carbocycles. The van der Waals surface area contributed by atoms with Crippen LogP contribution in [-0.2, 0) is 4.74 Å². The summed E-state index contributed by atoms with van der Waals surface area (Å²) in [6, 6.07) is 2.07. The summed E-state index contributed by atoms with van der Waals surface area (Å²) in [6.45, 7) is 1.52. The summed E-state index contributed by atoms with van der Waals surface area (Å²) in [7, 11) is 0. The SMILES string of the molecule is Cl.N#CC[C@H]1CNCC[C@H]1OC(N)=O. The molecular weight excluding hydrogens is 206 g/mol. The van der Waals surface area contributed by atoms with Gasteiger partial charge < -0.3 is 15.8 Å². The smallest absolute Gasteiger partial charge is 0.404 e. The summed E-state index contributed by atoms with van der Waals surface area (Å²) in [5.41, 5.74) is 4.92. The van der Waals surface area contributed by atoms with Gasteiger partial charge in [0.05, 0.1) is 6.07 Å². The topological polar surface area (TPSA) is 88.1 Å². The standard InChI is InChI=1S/C8H13N3O2.ClH/c9-3-1-6-5-11-4-2-7(6)13-8(10)12;/h6-7,11H,1-2,4-5H2,(H2,10,12);1H/t6-,7+;/m0./s1. The highest BCUT2D eigenvalue weighted by molar-refractivity contribution is 5.85. The van der Waals surface area contributed by atoms with Crippen molar-refractivity contribution in [1.29, 1.82) is 5.26 Å². The van der Waals surface area contributed by atoms with Crippen molar-refractivity contribution < 1.29 is 9.53 Å². The van der Waals surface area contributed by atoms with Crippen molar-refractivity contribution >= 4 is 18.5 Å². The molecule has 1 amide bonds. The zero-order chi connectivity index (χ0) is 9.68. The number of carbonyl (C=O) groups is 1. The third-order valence-electron chi connectivity index (χ3n) is 2.16. The largest absolute Gasteiger partial charge is 0.446 e. The highest BCUT2D eigenvalue weighted by Gasteiger charge is 2.27. The van der Waals surface area contributed by atoms with Crippen LogP contribution in [0.1, 0.15) is 12.8 Å². The summed E-state index contributed by atoms with van der Waals surface area (Å²) in [4.78, 5) is 10.5. The van der Waals surface area contributed by atoms with Crippen LogP contribution >= 0.6 is 12.4 Å². The molecule has 1 aliphatic heterocycles. The number of hydrogen-bond acceptors (Lipinski definition) is 4. The number of nitrogens with one attached hydrogen (secondary N) is 1. The molecule has 80 valence electrons. The minimum absolute atomic E-state index is 0. The van der Waals surface area contributed by atoms with Gasteiger partial charge in [-0.2, -0.15) is 5.26 Å². The number of nitrogens with zero attached hydrogens (tertiary/aromatic N) is 1. The minimum atomic E-state index is -0.755. The van der Waals surface area contributed by atoms with Crippen LogP contribution in [0.3, 0.4) is 0 Å². The number of primary amides is 1. The molecule has 0 radical (unpaired) electrons. The Bertz CT molecular complexity index is 229. The minimum Gasteiger partial charge on any atom is -0.446 e. The van der Waals surface area contributed by atoms with Gasteiger partial charge in [0, 0.05) is 18.9 Å². The Morgan fingerprint density at radius 1 is 1.71 bits per heavy atom. The maximum Gasteiger partial charge on any atom is 0.404 e. The van der Waals surface area contributed by atoms with Gasteiger partial charge in [-0.05, 0) is 13.0 Å². The Hall–Kier alpha value is -0.990. The number of halogens is 1. The Balaban J connectivity index is 0.00000169. The predicted molar refractivity (Wildman–Crippen MR) is 52.9 cm³/mol. The number of nitriles is 1. The molecule has 1 heterocycles. The summed E-state index contributed by atoms with van der Waals surface area (Å²) in [6.07, 6.45) is 0.175. The second kappa shape index (κ2) is 6.46. The number of nitrogens with two attached hydrogens (primary N) is 1. The van der Waals surface area contributed by atoms with Gasteiger partial charge in [-0.1, -0.05) is 0 Å². The summed E-state index contributed by atoms with van der Waals surface area (Å²) >= 11 is 0. The van der Waals surface area contributed by atoms with E-state index in [1.54, 1.807) is 0 Å². The van der Waals surface area contributed by atoms with Crippen molar-refractivity contribution in [2.75, 3.05) is 13.1 Å². The van der Waals surface area contributed by atoms with Gasteiger partial charge in [-0.25, -0.2) is 4.79 Å². The van der Waals surface area contributed by atoms with E-state index >= 15 is 0 Å². The molecule has 0 bridgehead atoms. The van der Waals surface area contributed by atoms with Crippen molar-refractivity contribution in [2.24, 2.45) is 11.7 Å². The van der Waals surface area contributed by atoms with Crippen molar-refractivity contribution in [3.63, 3.8) is 0 Å². The molecule has 6 heteroatoms. The monoisotopic (exact) mass is 219 g/mol. The summed E-state index contributed by atoms with van der Waals surface area (Å²) in [5.74, 6) is 0.0752. The highest BCUT2D eigenvalue weighted by atomic mass is 35.5. The molecule has 1 rings (SSSR count). The van der Waals surface area contributed by atoms with E-state index in [-0.39, 0.29) is 24.4 Å². The maximum atomic E-state index is 10.5. The molecule has 0 saturated carbocycles. The van der Waals surface area contributed by atoms with E-state index in [1.807, 2.05) is 0 Å². The van der Waals surface area contributed by atoms with Crippen molar-refractivity contribution in [3.05, 3.63) is 0 Å². The number of ether oxygens (including phenoxy) is 1. The Labute approximate surface area is 89.0 Å². The molecule has 0 aromatic rings. The molecule has 14 heavy (non-hydrogen) atoms. The van der Waals surface area contributed by atoms with E-state index in [4.69, 9.17) is 15.7 Å². The Morgan fingerprint density at radius 3 is 3.00 bits per heavy atom. The number of piperidine rings is 1. The third-order valence-corrected chi connectivity index (χ3v) is 2.16. The molecule has 3 N–H and O–H groups in total. The van der Waals surface area contributed by atoms with Crippen molar-refractivity contribution in [1.82, 2.24) is 5.32 Å². The molecule has 0 spiro atoms. The van der Waals surface area contributed by atoms with E-state index < -0.39 is 6.09 Å². The van der Waals surface area contributed by atoms with Crippen LogP contribution < -0.4 is 11.1 Å². The van der Waals surface area contributed by atoms with Gasteiger partial charge in [0.2, 0.25) is 0 Å². The van der Waals surface area contributed by atoms with E-state index in [0.29, 0.717) is 13.0 Å². The lowest BCUT2D eigenvalue weighted by Gasteiger charge is -2.29. The fourth-order valence-electron chi connectivity index (χ4n) is 1.52. The first-order valence-electron chi connectivity index (χ1n) is 4.27. The van der Waals surface area contributed by atoms with Crippen LogP contribution in [-0.4, -0.2) is 25.3 Å². The fourth-order valence-corrected chi connectivity index (χ4v) is 1.52. The Kier molecular flexibility index (Phi) is 6.00. The number of carbonyl (C=O) groups excluding carboxylic acids is 1. The third kappa shape index (κ3) is 3.81. The van der Waals surface area contributed by atoms with E-state index in [2.05, 4.69) is 11.4 Å². The molecule has 0 aliphatic carbocycles. The van der Waals surface area contributed by atoms with Gasteiger partial charge in [-0.3, -0.25) is 0 Å². The first kappa shape index (κ1) is 13.0. The van der Waals surface area contributed by atoms with Gasteiger partial charge in [-0.15, -0.1) is 12.4 Å². The van der Waals surface area contributed by atoms with Crippen molar-refractivity contribution in [3.8, 4) is 6.07 Å². The second-order valence-electron chi connectivity index (χ2n) is 3.09. The van der Waals surface area contributed by atoms with Crippen LogP contribution in [0.5, 0.6) is 0 Å². The number of hydrogen-bond donors (Lipinski definition) is 2. The number of amides is 1. The van der Waals surface area contributed by atoms with Gasteiger partial charge in [0.1, 0.15) is 6.10 Å². The van der Waals surface area contributed by atoms with Crippen LogP contribution in [0.15, 0.2) is 0 Å².